The van der Waals surface area contributed by atoms with E-state index in [0.717, 1.165) is 18.9 Å². The van der Waals surface area contributed by atoms with Crippen molar-refractivity contribution in [1.29, 1.82) is 0 Å². The smallest absolute Gasteiger partial charge is 0.244 e. The molecule has 2 aromatic rings. The van der Waals surface area contributed by atoms with Crippen molar-refractivity contribution in [3.05, 3.63) is 48.3 Å². The first-order valence-corrected chi connectivity index (χ1v) is 9.29. The minimum atomic E-state index is -4.00. The Bertz CT molecular complexity index is 800. The van der Waals surface area contributed by atoms with E-state index >= 15 is 0 Å². The lowest BCUT2D eigenvalue weighted by Crippen LogP contribution is -2.37. The van der Waals surface area contributed by atoms with Crippen molar-refractivity contribution in [1.82, 2.24) is 14.3 Å². The number of rotatable bonds is 5. The fraction of sp³-hybridized carbons (Fsp3) is 0.438. The van der Waals surface area contributed by atoms with Crippen LogP contribution < -0.4 is 4.72 Å². The molecule has 0 radical (unpaired) electrons. The molecule has 1 fully saturated rings. The van der Waals surface area contributed by atoms with E-state index < -0.39 is 21.9 Å². The van der Waals surface area contributed by atoms with E-state index in [-0.39, 0.29) is 10.8 Å². The van der Waals surface area contributed by atoms with Crippen molar-refractivity contribution >= 4 is 10.0 Å². The molecule has 2 heterocycles. The molecule has 6 nitrogen and oxygen atoms in total. The summed E-state index contributed by atoms with van der Waals surface area (Å²) in [5.41, 5.74) is 0. The quantitative estimate of drug-likeness (QED) is 0.892. The number of nitrogens with zero attached hydrogens (tertiary/aromatic N) is 2. The standard InChI is InChI=1S/C16H20FN3O3S/c1-20-9-8-18-16(20)15(12-6-10-23-11-7-12)19-24(21,22)14-5-3-2-4-13(14)17/h2-5,8-9,12,15,19H,6-7,10-11H2,1H3/t15-/m0/s1. The highest BCUT2D eigenvalue weighted by Gasteiger charge is 2.33. The Morgan fingerprint density at radius 3 is 2.67 bits per heavy atom. The Kier molecular flexibility index (Phi) is 4.98. The second-order valence-corrected chi connectivity index (χ2v) is 7.56. The molecule has 1 aliphatic rings. The molecule has 0 amide bonds. The molecule has 1 saturated heterocycles. The van der Waals surface area contributed by atoms with Gasteiger partial charge in [0, 0.05) is 32.7 Å². The highest BCUT2D eigenvalue weighted by atomic mass is 32.2. The lowest BCUT2D eigenvalue weighted by atomic mass is 9.92. The first kappa shape index (κ1) is 17.1. The molecular formula is C16H20FN3O3S. The summed E-state index contributed by atoms with van der Waals surface area (Å²) in [4.78, 5) is 3.94. The van der Waals surface area contributed by atoms with Gasteiger partial charge in [0.2, 0.25) is 10.0 Å². The predicted octanol–water partition coefficient (Wildman–Crippen LogP) is 2.01. The second-order valence-electron chi connectivity index (χ2n) is 5.88. The molecule has 130 valence electrons. The summed E-state index contributed by atoms with van der Waals surface area (Å²) in [5, 5.41) is 0. The Hall–Kier alpha value is -1.77. The number of nitrogens with one attached hydrogen (secondary N) is 1. The first-order valence-electron chi connectivity index (χ1n) is 7.81. The molecule has 0 bridgehead atoms. The van der Waals surface area contributed by atoms with Crippen molar-refractivity contribution < 1.29 is 17.5 Å². The van der Waals surface area contributed by atoms with Crippen LogP contribution in [0.5, 0.6) is 0 Å². The van der Waals surface area contributed by atoms with Crippen molar-refractivity contribution in [2.45, 2.75) is 23.8 Å². The van der Waals surface area contributed by atoms with Gasteiger partial charge in [0.1, 0.15) is 16.5 Å². The number of ether oxygens (including phenoxy) is 1. The van der Waals surface area contributed by atoms with Crippen LogP contribution in [-0.2, 0) is 21.8 Å². The predicted molar refractivity (Wildman–Crippen MR) is 86.2 cm³/mol. The zero-order valence-electron chi connectivity index (χ0n) is 13.4. The summed E-state index contributed by atoms with van der Waals surface area (Å²) in [7, 11) is -2.19. The van der Waals surface area contributed by atoms with E-state index in [1.54, 1.807) is 17.0 Å². The third-order valence-corrected chi connectivity index (χ3v) is 5.76. The summed E-state index contributed by atoms with van der Waals surface area (Å²) < 4.78 is 49.1. The molecule has 1 aromatic heterocycles. The van der Waals surface area contributed by atoms with Gasteiger partial charge in [-0.1, -0.05) is 12.1 Å². The highest BCUT2D eigenvalue weighted by molar-refractivity contribution is 7.89. The van der Waals surface area contributed by atoms with Crippen molar-refractivity contribution in [3.63, 3.8) is 0 Å². The molecule has 1 aliphatic heterocycles. The average Bonchev–Trinajstić information content (AvgIpc) is 2.99. The van der Waals surface area contributed by atoms with Gasteiger partial charge in [-0.05, 0) is 30.9 Å². The van der Waals surface area contributed by atoms with Gasteiger partial charge < -0.3 is 9.30 Å². The van der Waals surface area contributed by atoms with E-state index in [1.807, 2.05) is 7.05 Å². The molecule has 1 N–H and O–H groups in total. The Morgan fingerprint density at radius 1 is 1.33 bits per heavy atom. The highest BCUT2D eigenvalue weighted by Crippen LogP contribution is 2.31. The van der Waals surface area contributed by atoms with Gasteiger partial charge in [0.15, 0.2) is 0 Å². The van der Waals surface area contributed by atoms with Gasteiger partial charge in [-0.15, -0.1) is 0 Å². The molecule has 0 spiro atoms. The number of sulfonamides is 1. The third-order valence-electron chi connectivity index (χ3n) is 4.28. The SMILES string of the molecule is Cn1ccnc1[C@@H](NS(=O)(=O)c1ccccc1F)C1CCOCC1. The number of hydrogen-bond acceptors (Lipinski definition) is 4. The fourth-order valence-electron chi connectivity index (χ4n) is 2.98. The van der Waals surface area contributed by atoms with Gasteiger partial charge in [-0.2, -0.15) is 0 Å². The normalized spacial score (nSPS) is 17.8. The summed E-state index contributed by atoms with van der Waals surface area (Å²) >= 11 is 0. The van der Waals surface area contributed by atoms with E-state index in [0.29, 0.717) is 19.0 Å². The minimum absolute atomic E-state index is 0.0430. The monoisotopic (exact) mass is 353 g/mol. The number of imidazole rings is 1. The lowest BCUT2D eigenvalue weighted by molar-refractivity contribution is 0.0551. The summed E-state index contributed by atoms with van der Waals surface area (Å²) in [6.07, 6.45) is 4.83. The Balaban J connectivity index is 1.94. The second kappa shape index (κ2) is 7.00. The van der Waals surface area contributed by atoms with Crippen LogP contribution in [0.3, 0.4) is 0 Å². The topological polar surface area (TPSA) is 73.2 Å². The summed E-state index contributed by atoms with van der Waals surface area (Å²) in [5.74, 6) is -0.112. The maximum Gasteiger partial charge on any atom is 0.244 e. The molecular weight excluding hydrogens is 333 g/mol. The van der Waals surface area contributed by atoms with Crippen molar-refractivity contribution in [2.24, 2.45) is 13.0 Å². The first-order chi connectivity index (χ1) is 11.5. The van der Waals surface area contributed by atoms with E-state index in [2.05, 4.69) is 9.71 Å². The van der Waals surface area contributed by atoms with E-state index in [4.69, 9.17) is 4.74 Å². The number of benzene rings is 1. The molecule has 8 heteroatoms. The average molecular weight is 353 g/mol. The minimum Gasteiger partial charge on any atom is -0.381 e. The van der Waals surface area contributed by atoms with Crippen LogP contribution in [0.1, 0.15) is 24.7 Å². The van der Waals surface area contributed by atoms with Crippen LogP contribution in [0.4, 0.5) is 4.39 Å². The van der Waals surface area contributed by atoms with Gasteiger partial charge >= 0.3 is 0 Å². The van der Waals surface area contributed by atoms with Crippen molar-refractivity contribution in [3.8, 4) is 0 Å². The summed E-state index contributed by atoms with van der Waals surface area (Å²) in [6, 6.07) is 4.83. The Morgan fingerprint density at radius 2 is 2.04 bits per heavy atom. The maximum atomic E-state index is 13.9. The van der Waals surface area contributed by atoms with Gasteiger partial charge in [-0.25, -0.2) is 22.5 Å². The molecule has 3 rings (SSSR count). The van der Waals surface area contributed by atoms with Crippen LogP contribution in [-0.4, -0.2) is 31.2 Å². The number of hydrogen-bond donors (Lipinski definition) is 1. The van der Waals surface area contributed by atoms with Crippen LogP contribution in [0.15, 0.2) is 41.6 Å². The van der Waals surface area contributed by atoms with Crippen molar-refractivity contribution in [2.75, 3.05) is 13.2 Å². The molecule has 1 atom stereocenters. The number of aryl methyl sites for hydroxylation is 1. The number of aromatic nitrogens is 2. The van der Waals surface area contributed by atoms with Crippen LogP contribution in [0.2, 0.25) is 0 Å². The molecule has 24 heavy (non-hydrogen) atoms. The van der Waals surface area contributed by atoms with Gasteiger partial charge in [0.25, 0.3) is 0 Å². The molecule has 1 aromatic carbocycles. The molecule has 0 saturated carbocycles. The van der Waals surface area contributed by atoms with Gasteiger partial charge in [-0.3, -0.25) is 0 Å². The largest absolute Gasteiger partial charge is 0.381 e. The number of halogens is 1. The van der Waals surface area contributed by atoms with E-state index in [1.165, 1.54) is 18.2 Å². The van der Waals surface area contributed by atoms with Crippen LogP contribution in [0, 0.1) is 11.7 Å². The molecule has 0 unspecified atom stereocenters. The van der Waals surface area contributed by atoms with Crippen LogP contribution >= 0.6 is 0 Å². The van der Waals surface area contributed by atoms with Crippen LogP contribution in [0.25, 0.3) is 0 Å². The third kappa shape index (κ3) is 3.50. The molecule has 0 aliphatic carbocycles. The lowest BCUT2D eigenvalue weighted by Gasteiger charge is -2.30. The zero-order chi connectivity index (χ0) is 17.2. The zero-order valence-corrected chi connectivity index (χ0v) is 14.2. The summed E-state index contributed by atoms with van der Waals surface area (Å²) in [6.45, 7) is 1.15. The van der Waals surface area contributed by atoms with Gasteiger partial charge in [0.05, 0.1) is 6.04 Å². The fourth-order valence-corrected chi connectivity index (χ4v) is 4.32. The Labute approximate surface area is 140 Å². The van der Waals surface area contributed by atoms with E-state index in [9.17, 15) is 12.8 Å². The maximum absolute atomic E-state index is 13.9.